The van der Waals surface area contributed by atoms with E-state index >= 15 is 0 Å². The van der Waals surface area contributed by atoms with Crippen LogP contribution in [0.3, 0.4) is 0 Å². The fourth-order valence-electron chi connectivity index (χ4n) is 1.65. The molecule has 1 heterocycles. The summed E-state index contributed by atoms with van der Waals surface area (Å²) >= 11 is 0. The minimum atomic E-state index is -0.695. The van der Waals surface area contributed by atoms with Crippen LogP contribution in [0, 0.1) is 0 Å². The van der Waals surface area contributed by atoms with Gasteiger partial charge in [-0.3, -0.25) is 0 Å². The molecule has 0 fully saturated rings. The molecule has 0 atom stereocenters. The third-order valence-corrected chi connectivity index (χ3v) is 2.39. The number of rotatable bonds is 3. The molecule has 92 valence electrons. The van der Waals surface area contributed by atoms with Crippen molar-refractivity contribution >= 4 is 24.0 Å². The average Bonchev–Trinajstić information content (AvgIpc) is 2.64. The molecule has 1 aliphatic rings. The monoisotopic (exact) mass is 246 g/mol. The molecular weight excluding hydrogens is 236 g/mol. The quantitative estimate of drug-likeness (QED) is 0.460. The van der Waals surface area contributed by atoms with Crippen molar-refractivity contribution in [3.63, 3.8) is 0 Å². The summed E-state index contributed by atoms with van der Waals surface area (Å²) in [4.78, 5) is 34.0. The Balaban J connectivity index is 2.34. The van der Waals surface area contributed by atoms with Gasteiger partial charge in [-0.15, -0.1) is 0 Å². The van der Waals surface area contributed by atoms with Crippen LogP contribution < -0.4 is 0 Å². The van der Waals surface area contributed by atoms with Gasteiger partial charge in [0.25, 0.3) is 0 Å². The number of carbonyl (C=O) groups is 3. The van der Waals surface area contributed by atoms with Gasteiger partial charge in [-0.1, -0.05) is 12.1 Å². The summed E-state index contributed by atoms with van der Waals surface area (Å²) in [6, 6.07) is 4.74. The number of esters is 3. The maximum Gasteiger partial charge on any atom is 0.347 e. The van der Waals surface area contributed by atoms with Gasteiger partial charge in [0.15, 0.2) is 0 Å². The number of benzene rings is 1. The smallest absolute Gasteiger partial charge is 0.347 e. The lowest BCUT2D eigenvalue weighted by Crippen LogP contribution is -2.00. The second kappa shape index (κ2) is 4.83. The predicted molar refractivity (Wildman–Crippen MR) is 61.9 cm³/mol. The van der Waals surface area contributed by atoms with E-state index < -0.39 is 17.9 Å². The van der Waals surface area contributed by atoms with Crippen LogP contribution >= 0.6 is 0 Å². The first kappa shape index (κ1) is 12.0. The Bertz CT molecular complexity index is 557. The summed E-state index contributed by atoms with van der Waals surface area (Å²) < 4.78 is 9.22. The molecule has 5 heteroatoms. The lowest BCUT2D eigenvalue weighted by atomic mass is 10.0. The van der Waals surface area contributed by atoms with Crippen LogP contribution in [0.4, 0.5) is 0 Å². The zero-order valence-electron chi connectivity index (χ0n) is 9.64. The molecule has 2 rings (SSSR count). The maximum absolute atomic E-state index is 11.5. The zero-order chi connectivity index (χ0) is 13.1. The van der Waals surface area contributed by atoms with Crippen LogP contribution in [0.2, 0.25) is 0 Å². The number of hydrogen-bond acceptors (Lipinski definition) is 5. The van der Waals surface area contributed by atoms with Crippen molar-refractivity contribution in [2.45, 2.75) is 6.92 Å². The lowest BCUT2D eigenvalue weighted by Gasteiger charge is -1.99. The minimum Gasteiger partial charge on any atom is -0.463 e. The molecule has 0 saturated carbocycles. The van der Waals surface area contributed by atoms with E-state index in [0.717, 1.165) is 0 Å². The van der Waals surface area contributed by atoms with Crippen molar-refractivity contribution in [1.82, 2.24) is 0 Å². The second-order valence-electron chi connectivity index (χ2n) is 3.53. The van der Waals surface area contributed by atoms with Crippen LogP contribution in [0.15, 0.2) is 24.3 Å². The molecule has 0 aliphatic carbocycles. The van der Waals surface area contributed by atoms with Gasteiger partial charge >= 0.3 is 17.9 Å². The van der Waals surface area contributed by atoms with Gasteiger partial charge in [0, 0.05) is 6.08 Å². The van der Waals surface area contributed by atoms with Crippen molar-refractivity contribution < 1.29 is 23.9 Å². The fourth-order valence-corrected chi connectivity index (χ4v) is 1.65. The molecule has 1 aromatic carbocycles. The van der Waals surface area contributed by atoms with E-state index in [1.165, 1.54) is 18.2 Å². The lowest BCUT2D eigenvalue weighted by molar-refractivity contribution is -0.137. The largest absolute Gasteiger partial charge is 0.463 e. The van der Waals surface area contributed by atoms with Crippen LogP contribution in [-0.4, -0.2) is 24.5 Å². The highest BCUT2D eigenvalue weighted by molar-refractivity contribution is 6.16. The Morgan fingerprint density at radius 3 is 2.83 bits per heavy atom. The highest BCUT2D eigenvalue weighted by Gasteiger charge is 2.31. The van der Waals surface area contributed by atoms with E-state index in [-0.39, 0.29) is 17.7 Å². The molecule has 0 spiro atoms. The van der Waals surface area contributed by atoms with Crippen LogP contribution in [0.5, 0.6) is 0 Å². The molecule has 0 radical (unpaired) electrons. The number of carbonyl (C=O) groups excluding carboxylic acids is 3. The zero-order valence-corrected chi connectivity index (χ0v) is 9.64. The SMILES string of the molecule is CCOC(=O)C=Cc1cccc2c1C(=O)OC2=O. The Morgan fingerprint density at radius 1 is 1.33 bits per heavy atom. The highest BCUT2D eigenvalue weighted by atomic mass is 16.6. The van der Waals surface area contributed by atoms with E-state index in [1.807, 2.05) is 0 Å². The van der Waals surface area contributed by atoms with E-state index in [1.54, 1.807) is 19.1 Å². The van der Waals surface area contributed by atoms with Gasteiger partial charge in [0.2, 0.25) is 0 Å². The first-order chi connectivity index (χ1) is 8.63. The Kier molecular flexibility index (Phi) is 3.23. The summed E-state index contributed by atoms with van der Waals surface area (Å²) in [5, 5.41) is 0. The molecule has 0 saturated heterocycles. The molecule has 0 aromatic heterocycles. The third kappa shape index (κ3) is 2.15. The highest BCUT2D eigenvalue weighted by Crippen LogP contribution is 2.24. The average molecular weight is 246 g/mol. The van der Waals surface area contributed by atoms with Crippen molar-refractivity contribution in [3.8, 4) is 0 Å². The molecule has 0 N–H and O–H groups in total. The summed E-state index contributed by atoms with van der Waals surface area (Å²) in [5.41, 5.74) is 0.852. The molecule has 1 aromatic rings. The Morgan fingerprint density at radius 2 is 2.11 bits per heavy atom. The molecule has 5 nitrogen and oxygen atoms in total. The van der Waals surface area contributed by atoms with Crippen molar-refractivity contribution in [2.24, 2.45) is 0 Å². The summed E-state index contributed by atoms with van der Waals surface area (Å²) in [6.07, 6.45) is 2.63. The van der Waals surface area contributed by atoms with Gasteiger partial charge in [0.1, 0.15) is 0 Å². The van der Waals surface area contributed by atoms with Gasteiger partial charge in [-0.25, -0.2) is 14.4 Å². The summed E-state index contributed by atoms with van der Waals surface area (Å²) in [6.45, 7) is 1.97. The van der Waals surface area contributed by atoms with Crippen molar-refractivity contribution in [2.75, 3.05) is 6.61 Å². The second-order valence-corrected chi connectivity index (χ2v) is 3.53. The maximum atomic E-state index is 11.5. The fraction of sp³-hybridized carbons (Fsp3) is 0.154. The first-order valence-corrected chi connectivity index (χ1v) is 5.38. The van der Waals surface area contributed by atoms with E-state index in [0.29, 0.717) is 5.56 Å². The summed E-state index contributed by atoms with van der Waals surface area (Å²) in [7, 11) is 0. The minimum absolute atomic E-state index is 0.183. The third-order valence-electron chi connectivity index (χ3n) is 2.39. The topological polar surface area (TPSA) is 69.7 Å². The number of cyclic esters (lactones) is 2. The van der Waals surface area contributed by atoms with Crippen LogP contribution in [0.1, 0.15) is 33.2 Å². The predicted octanol–water partition coefficient (Wildman–Crippen LogP) is 1.57. The molecule has 18 heavy (non-hydrogen) atoms. The molecular formula is C13H10O5. The van der Waals surface area contributed by atoms with Crippen molar-refractivity contribution in [3.05, 3.63) is 41.0 Å². The standard InChI is InChI=1S/C13H10O5/c1-2-17-10(14)7-6-8-4-3-5-9-11(8)13(16)18-12(9)15/h3-7H,2H2,1H3. The van der Waals surface area contributed by atoms with Gasteiger partial charge in [0.05, 0.1) is 17.7 Å². The van der Waals surface area contributed by atoms with Crippen LogP contribution in [-0.2, 0) is 14.3 Å². The normalized spacial score (nSPS) is 13.6. The van der Waals surface area contributed by atoms with Crippen molar-refractivity contribution in [1.29, 1.82) is 0 Å². The molecule has 1 aliphatic heterocycles. The number of hydrogen-bond donors (Lipinski definition) is 0. The first-order valence-electron chi connectivity index (χ1n) is 5.38. The van der Waals surface area contributed by atoms with Crippen LogP contribution in [0.25, 0.3) is 6.08 Å². The van der Waals surface area contributed by atoms with E-state index in [9.17, 15) is 14.4 Å². The molecule has 0 bridgehead atoms. The van der Waals surface area contributed by atoms with E-state index in [4.69, 9.17) is 4.74 Å². The molecule has 0 unspecified atom stereocenters. The van der Waals surface area contributed by atoms with E-state index in [2.05, 4.69) is 4.74 Å². The van der Waals surface area contributed by atoms with Gasteiger partial charge < -0.3 is 9.47 Å². The number of fused-ring (bicyclic) bond motifs is 1. The van der Waals surface area contributed by atoms with Gasteiger partial charge in [-0.2, -0.15) is 0 Å². The Hall–Kier alpha value is -2.43. The Labute approximate surface area is 103 Å². The number of ether oxygens (including phenoxy) is 2. The summed E-state index contributed by atoms with van der Waals surface area (Å²) in [5.74, 6) is -1.87. The van der Waals surface area contributed by atoms with Gasteiger partial charge in [-0.05, 0) is 24.6 Å². The molecule has 0 amide bonds.